The number of hydrogen-bond acceptors (Lipinski definition) is 2. The maximum atomic E-state index is 12.5. The van der Waals surface area contributed by atoms with Crippen molar-refractivity contribution in [3.63, 3.8) is 0 Å². The molecule has 0 heterocycles. The van der Waals surface area contributed by atoms with Gasteiger partial charge < -0.3 is 10.4 Å². The fourth-order valence-corrected chi connectivity index (χ4v) is 1.69. The predicted octanol–water partition coefficient (Wildman–Crippen LogP) is 2.90. The first-order valence-corrected chi connectivity index (χ1v) is 5.84. The Morgan fingerprint density at radius 2 is 2.00 bits per heavy atom. The van der Waals surface area contributed by atoms with Crippen molar-refractivity contribution in [2.45, 2.75) is 32.6 Å². The number of aliphatic carboxylic acids is 1. The van der Waals surface area contributed by atoms with E-state index in [2.05, 4.69) is 5.32 Å². The van der Waals surface area contributed by atoms with Gasteiger partial charge in [-0.3, -0.25) is 4.79 Å². The highest BCUT2D eigenvalue weighted by Gasteiger charge is 2.30. The summed E-state index contributed by atoms with van der Waals surface area (Å²) in [5, 5.41) is 11.7. The molecule has 0 aliphatic carbocycles. The van der Waals surface area contributed by atoms with E-state index in [0.717, 1.165) is 12.1 Å². The smallest absolute Gasteiger partial charge is 0.416 e. The predicted molar refractivity (Wildman–Crippen MR) is 64.5 cm³/mol. The number of nitrogens with one attached hydrogen (secondary N) is 1. The Morgan fingerprint density at radius 3 is 2.47 bits per heavy atom. The van der Waals surface area contributed by atoms with Crippen LogP contribution in [0.15, 0.2) is 24.3 Å². The first-order chi connectivity index (χ1) is 8.71. The second-order valence-corrected chi connectivity index (χ2v) is 4.64. The minimum Gasteiger partial charge on any atom is -0.480 e. The number of halogens is 3. The molecule has 0 unspecified atom stereocenters. The standard InChI is InChI=1S/C13H16F3NO2/c1-8(2)11(12(18)19)17-7-9-4-3-5-10(6-9)13(14,15)16/h3-6,8,11,17H,7H2,1-2H3,(H,18,19)/t11-/m1/s1. The molecule has 0 aromatic heterocycles. The van der Waals surface area contributed by atoms with E-state index in [-0.39, 0.29) is 12.5 Å². The number of rotatable bonds is 5. The van der Waals surface area contributed by atoms with Crippen molar-refractivity contribution >= 4 is 5.97 Å². The molecule has 106 valence electrons. The lowest BCUT2D eigenvalue weighted by atomic mass is 10.0. The van der Waals surface area contributed by atoms with Crippen molar-refractivity contribution in [2.75, 3.05) is 0 Å². The summed E-state index contributed by atoms with van der Waals surface area (Å²) in [6.07, 6.45) is -4.39. The lowest BCUT2D eigenvalue weighted by molar-refractivity contribution is -0.141. The van der Waals surface area contributed by atoms with E-state index in [1.54, 1.807) is 13.8 Å². The number of carboxylic acids is 1. The number of benzene rings is 1. The lowest BCUT2D eigenvalue weighted by Gasteiger charge is -2.18. The van der Waals surface area contributed by atoms with Crippen LogP contribution in [0.25, 0.3) is 0 Å². The van der Waals surface area contributed by atoms with Crippen LogP contribution in [0.1, 0.15) is 25.0 Å². The summed E-state index contributed by atoms with van der Waals surface area (Å²) in [7, 11) is 0. The molecule has 0 saturated heterocycles. The Hall–Kier alpha value is -1.56. The van der Waals surface area contributed by atoms with Crippen molar-refractivity contribution in [3.8, 4) is 0 Å². The van der Waals surface area contributed by atoms with Gasteiger partial charge in [0.25, 0.3) is 0 Å². The van der Waals surface area contributed by atoms with Gasteiger partial charge >= 0.3 is 12.1 Å². The molecule has 6 heteroatoms. The van der Waals surface area contributed by atoms with E-state index in [1.165, 1.54) is 12.1 Å². The third kappa shape index (κ3) is 4.55. The molecule has 1 atom stereocenters. The number of alkyl halides is 3. The Labute approximate surface area is 109 Å². The van der Waals surface area contributed by atoms with Gasteiger partial charge in [0.1, 0.15) is 6.04 Å². The molecule has 1 aromatic rings. The zero-order chi connectivity index (χ0) is 14.6. The molecule has 0 fully saturated rings. The monoisotopic (exact) mass is 275 g/mol. The Kier molecular flexibility index (Phi) is 4.94. The molecule has 0 aliphatic heterocycles. The van der Waals surface area contributed by atoms with Gasteiger partial charge in [0.05, 0.1) is 5.56 Å². The number of hydrogen-bond donors (Lipinski definition) is 2. The summed E-state index contributed by atoms with van der Waals surface area (Å²) in [6.45, 7) is 3.55. The zero-order valence-electron chi connectivity index (χ0n) is 10.7. The maximum Gasteiger partial charge on any atom is 0.416 e. The van der Waals surface area contributed by atoms with E-state index >= 15 is 0 Å². The summed E-state index contributed by atoms with van der Waals surface area (Å²) in [6, 6.07) is 4.06. The molecule has 3 nitrogen and oxygen atoms in total. The average molecular weight is 275 g/mol. The minimum atomic E-state index is -4.39. The zero-order valence-corrected chi connectivity index (χ0v) is 10.7. The van der Waals surface area contributed by atoms with E-state index in [4.69, 9.17) is 5.11 Å². The van der Waals surface area contributed by atoms with E-state index in [9.17, 15) is 18.0 Å². The van der Waals surface area contributed by atoms with E-state index in [0.29, 0.717) is 5.56 Å². The maximum absolute atomic E-state index is 12.5. The van der Waals surface area contributed by atoms with Crippen LogP contribution in [0.2, 0.25) is 0 Å². The van der Waals surface area contributed by atoms with Crippen molar-refractivity contribution in [1.29, 1.82) is 0 Å². The second-order valence-electron chi connectivity index (χ2n) is 4.64. The third-order valence-electron chi connectivity index (χ3n) is 2.71. The average Bonchev–Trinajstić information content (AvgIpc) is 2.27. The van der Waals surface area contributed by atoms with Crippen LogP contribution in [-0.4, -0.2) is 17.1 Å². The fraction of sp³-hybridized carbons (Fsp3) is 0.462. The van der Waals surface area contributed by atoms with Gasteiger partial charge in [0.15, 0.2) is 0 Å². The molecule has 0 amide bonds. The van der Waals surface area contributed by atoms with Crippen LogP contribution in [0.3, 0.4) is 0 Å². The van der Waals surface area contributed by atoms with Gasteiger partial charge in [-0.05, 0) is 17.5 Å². The van der Waals surface area contributed by atoms with Crippen LogP contribution in [0, 0.1) is 5.92 Å². The van der Waals surface area contributed by atoms with Gasteiger partial charge in [-0.15, -0.1) is 0 Å². The van der Waals surface area contributed by atoms with E-state index < -0.39 is 23.8 Å². The van der Waals surface area contributed by atoms with Gasteiger partial charge in [0, 0.05) is 6.54 Å². The first-order valence-electron chi connectivity index (χ1n) is 5.84. The highest BCUT2D eigenvalue weighted by molar-refractivity contribution is 5.73. The van der Waals surface area contributed by atoms with E-state index in [1.807, 2.05) is 0 Å². The summed E-state index contributed by atoms with van der Waals surface area (Å²) < 4.78 is 37.5. The SMILES string of the molecule is CC(C)[C@@H](NCc1cccc(C(F)(F)F)c1)C(=O)O. The van der Waals surface area contributed by atoms with Crippen molar-refractivity contribution in [2.24, 2.45) is 5.92 Å². The molecule has 0 saturated carbocycles. The fourth-order valence-electron chi connectivity index (χ4n) is 1.69. The summed E-state index contributed by atoms with van der Waals surface area (Å²) in [4.78, 5) is 10.9. The van der Waals surface area contributed by atoms with Crippen LogP contribution < -0.4 is 5.32 Å². The van der Waals surface area contributed by atoms with Gasteiger partial charge in [-0.25, -0.2) is 0 Å². The Balaban J connectivity index is 2.75. The third-order valence-corrected chi connectivity index (χ3v) is 2.71. The van der Waals surface area contributed by atoms with Crippen molar-refractivity contribution in [1.82, 2.24) is 5.32 Å². The largest absolute Gasteiger partial charge is 0.480 e. The molecule has 0 radical (unpaired) electrons. The van der Waals surface area contributed by atoms with Gasteiger partial charge in [-0.2, -0.15) is 13.2 Å². The van der Waals surface area contributed by atoms with Crippen molar-refractivity contribution < 1.29 is 23.1 Å². The molecule has 0 bridgehead atoms. The van der Waals surface area contributed by atoms with Gasteiger partial charge in [-0.1, -0.05) is 32.0 Å². The molecular formula is C13H16F3NO2. The molecular weight excluding hydrogens is 259 g/mol. The Bertz CT molecular complexity index is 444. The van der Waals surface area contributed by atoms with Crippen LogP contribution in [0.4, 0.5) is 13.2 Å². The highest BCUT2D eigenvalue weighted by Crippen LogP contribution is 2.29. The quantitative estimate of drug-likeness (QED) is 0.868. The highest BCUT2D eigenvalue weighted by atomic mass is 19.4. The van der Waals surface area contributed by atoms with Gasteiger partial charge in [0.2, 0.25) is 0 Å². The first kappa shape index (κ1) is 15.5. The van der Waals surface area contributed by atoms with Crippen LogP contribution in [-0.2, 0) is 17.5 Å². The number of carboxylic acid groups (broad SMARTS) is 1. The normalized spacial score (nSPS) is 13.6. The summed E-state index contributed by atoms with van der Waals surface area (Å²) >= 11 is 0. The minimum absolute atomic E-state index is 0.0824. The molecule has 1 rings (SSSR count). The Morgan fingerprint density at radius 1 is 1.37 bits per heavy atom. The molecule has 2 N–H and O–H groups in total. The van der Waals surface area contributed by atoms with Crippen LogP contribution >= 0.6 is 0 Å². The topological polar surface area (TPSA) is 49.3 Å². The summed E-state index contributed by atoms with van der Waals surface area (Å²) in [5.41, 5.74) is -0.329. The molecule has 19 heavy (non-hydrogen) atoms. The molecule has 0 spiro atoms. The van der Waals surface area contributed by atoms with Crippen molar-refractivity contribution in [3.05, 3.63) is 35.4 Å². The lowest BCUT2D eigenvalue weighted by Crippen LogP contribution is -2.40. The number of carbonyl (C=O) groups is 1. The molecule has 0 aliphatic rings. The molecule has 1 aromatic carbocycles. The second kappa shape index (κ2) is 6.06. The summed E-state index contributed by atoms with van der Waals surface area (Å²) in [5.74, 6) is -1.16. The van der Waals surface area contributed by atoms with Crippen LogP contribution in [0.5, 0.6) is 0 Å².